The zero-order valence-corrected chi connectivity index (χ0v) is 15.8. The highest BCUT2D eigenvalue weighted by Crippen LogP contribution is 2.35. The summed E-state index contributed by atoms with van der Waals surface area (Å²) < 4.78 is 7.06. The number of piperidine rings is 1. The number of pyridine rings is 1. The maximum atomic E-state index is 12.8. The van der Waals surface area contributed by atoms with Crippen molar-refractivity contribution < 1.29 is 14.3 Å². The fraction of sp³-hybridized carbons (Fsp3) is 0.632. The monoisotopic (exact) mass is 361 g/mol. The minimum Gasteiger partial charge on any atom is -0.444 e. The zero-order chi connectivity index (χ0) is 19.1. The highest BCUT2D eigenvalue weighted by atomic mass is 16.6. The molecule has 7 heteroatoms. The third kappa shape index (κ3) is 3.92. The highest BCUT2D eigenvalue weighted by Gasteiger charge is 2.37. The van der Waals surface area contributed by atoms with Crippen LogP contribution in [0.1, 0.15) is 45.7 Å². The average Bonchev–Trinajstić information content (AvgIpc) is 2.53. The lowest BCUT2D eigenvalue weighted by atomic mass is 9.83. The van der Waals surface area contributed by atoms with Gasteiger partial charge in [-0.2, -0.15) is 0 Å². The maximum absolute atomic E-state index is 12.8. The summed E-state index contributed by atoms with van der Waals surface area (Å²) in [5.74, 6) is 0.311. The van der Waals surface area contributed by atoms with E-state index in [1.807, 2.05) is 15.5 Å². The van der Waals surface area contributed by atoms with Gasteiger partial charge in [-0.1, -0.05) is 6.07 Å². The normalized spacial score (nSPS) is 23.0. The lowest BCUT2D eigenvalue weighted by Gasteiger charge is -2.43. The van der Waals surface area contributed by atoms with Gasteiger partial charge in [-0.05, 0) is 46.1 Å². The number of aromatic nitrogens is 1. The molecule has 1 unspecified atom stereocenters. The van der Waals surface area contributed by atoms with Crippen LogP contribution in [-0.2, 0) is 16.1 Å². The van der Waals surface area contributed by atoms with Crippen LogP contribution in [0, 0.1) is 5.92 Å². The van der Waals surface area contributed by atoms with Gasteiger partial charge in [0.25, 0.3) is 5.56 Å². The molecule has 26 heavy (non-hydrogen) atoms. The molecule has 3 atom stereocenters. The summed E-state index contributed by atoms with van der Waals surface area (Å²) in [6.45, 7) is 8.84. The van der Waals surface area contributed by atoms with Crippen LogP contribution >= 0.6 is 0 Å². The number of carbonyl (C=O) groups is 2. The molecule has 2 aliphatic heterocycles. The summed E-state index contributed by atoms with van der Waals surface area (Å²) in [7, 11) is 0. The van der Waals surface area contributed by atoms with Crippen molar-refractivity contribution in [3.05, 3.63) is 34.2 Å². The number of nitrogens with one attached hydrogen (secondary N) is 1. The van der Waals surface area contributed by atoms with Gasteiger partial charge in [0.15, 0.2) is 0 Å². The number of rotatable bonds is 2. The van der Waals surface area contributed by atoms with E-state index in [1.165, 1.54) is 0 Å². The van der Waals surface area contributed by atoms with Crippen LogP contribution in [-0.4, -0.2) is 46.2 Å². The molecular formula is C19H27N3O4. The van der Waals surface area contributed by atoms with Crippen LogP contribution in [0.3, 0.4) is 0 Å². The third-order valence-electron chi connectivity index (χ3n) is 4.90. The second kappa shape index (κ2) is 6.78. The van der Waals surface area contributed by atoms with Gasteiger partial charge in [-0.3, -0.25) is 9.59 Å². The Balaban J connectivity index is 1.67. The van der Waals surface area contributed by atoms with Crippen molar-refractivity contribution in [3.63, 3.8) is 0 Å². The van der Waals surface area contributed by atoms with Crippen LogP contribution < -0.4 is 10.9 Å². The zero-order valence-electron chi connectivity index (χ0n) is 15.8. The molecule has 0 radical (unpaired) electrons. The van der Waals surface area contributed by atoms with E-state index in [-0.39, 0.29) is 23.3 Å². The Hall–Kier alpha value is -2.31. The van der Waals surface area contributed by atoms with Crippen molar-refractivity contribution in [2.45, 2.75) is 58.2 Å². The molecule has 2 amide bonds. The number of likely N-dealkylation sites (tertiary alicyclic amines) is 1. The van der Waals surface area contributed by atoms with Gasteiger partial charge < -0.3 is 19.5 Å². The van der Waals surface area contributed by atoms with Crippen molar-refractivity contribution in [2.24, 2.45) is 5.92 Å². The Bertz CT molecular complexity index is 765. The molecule has 0 aliphatic carbocycles. The summed E-state index contributed by atoms with van der Waals surface area (Å²) in [4.78, 5) is 38.6. The van der Waals surface area contributed by atoms with Crippen LogP contribution in [0.5, 0.6) is 0 Å². The van der Waals surface area contributed by atoms with E-state index in [2.05, 4.69) is 5.32 Å². The Morgan fingerprint density at radius 3 is 2.65 bits per heavy atom. The molecule has 142 valence electrons. The molecule has 0 spiro atoms. The summed E-state index contributed by atoms with van der Waals surface area (Å²) in [6, 6.07) is 4.68. The number of hydrogen-bond donors (Lipinski definition) is 1. The molecule has 2 bridgehead atoms. The fourth-order valence-electron chi connectivity index (χ4n) is 3.90. The second-order valence-electron chi connectivity index (χ2n) is 8.31. The molecule has 0 aromatic carbocycles. The molecule has 7 nitrogen and oxygen atoms in total. The Kier molecular flexibility index (Phi) is 4.82. The van der Waals surface area contributed by atoms with Gasteiger partial charge in [-0.25, -0.2) is 4.79 Å². The van der Waals surface area contributed by atoms with Gasteiger partial charge in [0.05, 0.1) is 0 Å². The van der Waals surface area contributed by atoms with Crippen molar-refractivity contribution in [3.8, 4) is 0 Å². The first-order chi connectivity index (χ1) is 12.1. The van der Waals surface area contributed by atoms with Crippen molar-refractivity contribution in [1.82, 2.24) is 14.8 Å². The lowest BCUT2D eigenvalue weighted by molar-refractivity contribution is -0.135. The Labute approximate surface area is 153 Å². The van der Waals surface area contributed by atoms with E-state index in [0.717, 1.165) is 12.1 Å². The molecule has 1 aromatic heterocycles. The van der Waals surface area contributed by atoms with E-state index in [1.54, 1.807) is 39.8 Å². The van der Waals surface area contributed by atoms with Gasteiger partial charge >= 0.3 is 6.09 Å². The van der Waals surface area contributed by atoms with Gasteiger partial charge in [-0.15, -0.1) is 0 Å². The molecule has 2 aliphatic rings. The van der Waals surface area contributed by atoms with Gasteiger partial charge in [0.2, 0.25) is 5.91 Å². The Morgan fingerprint density at radius 1 is 1.23 bits per heavy atom. The molecule has 1 fully saturated rings. The summed E-state index contributed by atoms with van der Waals surface area (Å²) in [5, 5.41) is 2.62. The largest absolute Gasteiger partial charge is 0.444 e. The second-order valence-corrected chi connectivity index (χ2v) is 8.31. The number of ether oxygens (including phenoxy) is 1. The summed E-state index contributed by atoms with van der Waals surface area (Å²) >= 11 is 0. The molecule has 1 N–H and O–H groups in total. The average molecular weight is 361 g/mol. The number of nitrogens with zero attached hydrogens (tertiary/aromatic N) is 2. The molecule has 1 saturated heterocycles. The number of carbonyl (C=O) groups excluding carboxylic acids is 2. The van der Waals surface area contributed by atoms with Crippen molar-refractivity contribution >= 4 is 12.0 Å². The first-order valence-electron chi connectivity index (χ1n) is 9.12. The van der Waals surface area contributed by atoms with Gasteiger partial charge in [0, 0.05) is 37.3 Å². The van der Waals surface area contributed by atoms with Crippen LogP contribution in [0.4, 0.5) is 4.79 Å². The van der Waals surface area contributed by atoms with Gasteiger partial charge in [0.1, 0.15) is 11.6 Å². The fourth-order valence-corrected chi connectivity index (χ4v) is 3.90. The van der Waals surface area contributed by atoms with Crippen LogP contribution in [0.15, 0.2) is 23.0 Å². The first kappa shape index (κ1) is 18.5. The molecular weight excluding hydrogens is 334 g/mol. The smallest absolute Gasteiger partial charge is 0.408 e. The third-order valence-corrected chi connectivity index (χ3v) is 4.90. The predicted molar refractivity (Wildman–Crippen MR) is 97.0 cm³/mol. The minimum absolute atomic E-state index is 0.0249. The van der Waals surface area contributed by atoms with Crippen LogP contribution in [0.25, 0.3) is 0 Å². The molecule has 3 heterocycles. The summed E-state index contributed by atoms with van der Waals surface area (Å²) in [6.07, 6.45) is 0.397. The number of fused-ring (bicyclic) bond motifs is 4. The minimum atomic E-state index is -0.651. The van der Waals surface area contributed by atoms with E-state index >= 15 is 0 Å². The SMILES string of the molecule is C[C@H](NC(=O)OC(C)(C)C)C(=O)N1CC2C[C@H](C1)c1cccc(=O)n1C2. The molecule has 3 rings (SSSR count). The maximum Gasteiger partial charge on any atom is 0.408 e. The lowest BCUT2D eigenvalue weighted by Crippen LogP contribution is -2.54. The Morgan fingerprint density at radius 2 is 1.96 bits per heavy atom. The van der Waals surface area contributed by atoms with Crippen molar-refractivity contribution in [2.75, 3.05) is 13.1 Å². The summed E-state index contributed by atoms with van der Waals surface area (Å²) in [5.41, 5.74) is 0.419. The number of hydrogen-bond acceptors (Lipinski definition) is 4. The number of amides is 2. The van der Waals surface area contributed by atoms with Crippen molar-refractivity contribution in [1.29, 1.82) is 0 Å². The standard InChI is InChI=1S/C19H27N3O4/c1-12(20-18(25)26-19(2,3)4)17(24)21-9-13-8-14(11-21)15-6-5-7-16(23)22(15)10-13/h5-7,12-14H,8-11H2,1-4H3,(H,20,25)/t12-,13?,14+/m0/s1. The van der Waals surface area contributed by atoms with Crippen LogP contribution in [0.2, 0.25) is 0 Å². The highest BCUT2D eigenvalue weighted by molar-refractivity contribution is 5.85. The van der Waals surface area contributed by atoms with E-state index in [4.69, 9.17) is 4.74 Å². The topological polar surface area (TPSA) is 80.6 Å². The molecule has 1 aromatic rings. The quantitative estimate of drug-likeness (QED) is 0.869. The first-order valence-corrected chi connectivity index (χ1v) is 9.12. The van der Waals surface area contributed by atoms with E-state index in [9.17, 15) is 14.4 Å². The predicted octanol–water partition coefficient (Wildman–Crippen LogP) is 1.71. The van der Waals surface area contributed by atoms with E-state index < -0.39 is 17.7 Å². The molecule has 0 saturated carbocycles. The number of alkyl carbamates (subject to hydrolysis) is 1. The van der Waals surface area contributed by atoms with E-state index in [0.29, 0.717) is 19.6 Å².